The van der Waals surface area contributed by atoms with Crippen LogP contribution in [0, 0.1) is 0 Å². The zero-order valence-electron chi connectivity index (χ0n) is 15.9. The van der Waals surface area contributed by atoms with Crippen LogP contribution in [-0.2, 0) is 16.8 Å². The summed E-state index contributed by atoms with van der Waals surface area (Å²) in [6, 6.07) is 22.1. The number of hydrogen-bond donors (Lipinski definition) is 0. The lowest BCUT2D eigenvalue weighted by Gasteiger charge is -2.37. The summed E-state index contributed by atoms with van der Waals surface area (Å²) in [5, 5.41) is 0.571. The summed E-state index contributed by atoms with van der Waals surface area (Å²) in [7, 11) is 1.79. The number of halogens is 1. The van der Waals surface area contributed by atoms with Crippen LogP contribution in [0.3, 0.4) is 0 Å². The SMILES string of the molecule is CN1C(=O)C2(N=C(c3ccccc3)N3CCc4cccc2c43)c2cccc(Cl)c21. The molecule has 3 aromatic rings. The molecule has 1 spiro atoms. The van der Waals surface area contributed by atoms with Gasteiger partial charge in [0.1, 0.15) is 5.84 Å². The summed E-state index contributed by atoms with van der Waals surface area (Å²) in [5.41, 5.74) is 4.84. The molecule has 0 saturated heterocycles. The molecule has 29 heavy (non-hydrogen) atoms. The molecular formula is C24H18ClN3O. The van der Waals surface area contributed by atoms with Gasteiger partial charge in [-0.3, -0.25) is 4.79 Å². The number of benzene rings is 3. The highest BCUT2D eigenvalue weighted by molar-refractivity contribution is 6.35. The van der Waals surface area contributed by atoms with Crippen LogP contribution in [0.15, 0.2) is 71.7 Å². The summed E-state index contributed by atoms with van der Waals surface area (Å²) >= 11 is 6.53. The van der Waals surface area contributed by atoms with Gasteiger partial charge in [-0.15, -0.1) is 0 Å². The molecule has 0 N–H and O–H groups in total. The van der Waals surface area contributed by atoms with E-state index < -0.39 is 5.54 Å². The minimum absolute atomic E-state index is 0.0611. The van der Waals surface area contributed by atoms with Gasteiger partial charge in [0.25, 0.3) is 5.91 Å². The highest BCUT2D eigenvalue weighted by Crippen LogP contribution is 2.55. The molecule has 0 bridgehead atoms. The molecule has 142 valence electrons. The molecule has 1 atom stereocenters. The Morgan fingerprint density at radius 2 is 1.66 bits per heavy atom. The first-order chi connectivity index (χ1) is 14.1. The van der Waals surface area contributed by atoms with Crippen molar-refractivity contribution in [3.8, 4) is 0 Å². The maximum absolute atomic E-state index is 13.8. The van der Waals surface area contributed by atoms with E-state index >= 15 is 0 Å². The number of aliphatic imine (C=N–C) groups is 1. The number of likely N-dealkylation sites (N-methyl/N-ethyl adjacent to an activating group) is 1. The zero-order valence-corrected chi connectivity index (χ0v) is 16.6. The summed E-state index contributed by atoms with van der Waals surface area (Å²) in [5.74, 6) is 0.784. The van der Waals surface area contributed by atoms with Gasteiger partial charge < -0.3 is 9.80 Å². The van der Waals surface area contributed by atoms with Gasteiger partial charge in [0, 0.05) is 30.3 Å². The van der Waals surface area contributed by atoms with Crippen molar-refractivity contribution in [3.05, 3.63) is 94.0 Å². The van der Waals surface area contributed by atoms with E-state index in [1.807, 2.05) is 48.5 Å². The van der Waals surface area contributed by atoms with Crippen molar-refractivity contribution in [3.63, 3.8) is 0 Å². The van der Waals surface area contributed by atoms with E-state index in [9.17, 15) is 4.79 Å². The predicted molar refractivity (Wildman–Crippen MR) is 116 cm³/mol. The maximum atomic E-state index is 13.8. The van der Waals surface area contributed by atoms with Crippen molar-refractivity contribution in [1.29, 1.82) is 0 Å². The zero-order chi connectivity index (χ0) is 19.8. The van der Waals surface area contributed by atoms with Crippen LogP contribution in [0.2, 0.25) is 5.02 Å². The lowest BCUT2D eigenvalue weighted by Crippen LogP contribution is -2.46. The first-order valence-corrected chi connectivity index (χ1v) is 10.1. The van der Waals surface area contributed by atoms with Gasteiger partial charge >= 0.3 is 0 Å². The van der Waals surface area contributed by atoms with Crippen molar-refractivity contribution in [2.45, 2.75) is 12.0 Å². The first kappa shape index (κ1) is 16.8. The van der Waals surface area contributed by atoms with Crippen LogP contribution in [-0.4, -0.2) is 25.3 Å². The average Bonchev–Trinajstić information content (AvgIpc) is 3.27. The standard InChI is InChI=1S/C24H18ClN3O/c1-27-21-18(11-6-12-19(21)25)24(23(27)29)17-10-5-9-15-13-14-28(20(15)17)22(26-24)16-7-3-2-4-8-16/h2-12H,13-14H2,1H3. The van der Waals surface area contributed by atoms with Gasteiger partial charge in [0.05, 0.1) is 16.4 Å². The Morgan fingerprint density at radius 3 is 2.45 bits per heavy atom. The third kappa shape index (κ3) is 1.99. The number of nitrogens with zero attached hydrogens (tertiary/aromatic N) is 3. The van der Waals surface area contributed by atoms with Gasteiger partial charge in [-0.05, 0) is 18.1 Å². The summed E-state index contributed by atoms with van der Waals surface area (Å²) < 4.78 is 0. The maximum Gasteiger partial charge on any atom is 0.264 e. The fourth-order valence-corrected chi connectivity index (χ4v) is 5.32. The molecule has 5 heteroatoms. The van der Waals surface area contributed by atoms with Gasteiger partial charge in [-0.1, -0.05) is 72.3 Å². The van der Waals surface area contributed by atoms with Gasteiger partial charge in [0.2, 0.25) is 0 Å². The molecule has 1 amide bonds. The van der Waals surface area contributed by atoms with E-state index in [2.05, 4.69) is 23.1 Å². The molecule has 3 aliphatic rings. The molecular weight excluding hydrogens is 382 g/mol. The van der Waals surface area contributed by atoms with Crippen molar-refractivity contribution in [2.24, 2.45) is 4.99 Å². The lowest BCUT2D eigenvalue weighted by atomic mass is 9.81. The van der Waals surface area contributed by atoms with Crippen molar-refractivity contribution < 1.29 is 4.79 Å². The Morgan fingerprint density at radius 1 is 0.931 bits per heavy atom. The Balaban J connectivity index is 1.74. The Hall–Kier alpha value is -3.11. The smallest absolute Gasteiger partial charge is 0.264 e. The summed E-state index contributed by atoms with van der Waals surface area (Å²) in [6.07, 6.45) is 0.942. The number of carbonyl (C=O) groups excluding carboxylic acids is 1. The lowest BCUT2D eigenvalue weighted by molar-refractivity contribution is -0.121. The highest BCUT2D eigenvalue weighted by atomic mass is 35.5. The summed E-state index contributed by atoms with van der Waals surface area (Å²) in [6.45, 7) is 0.864. The molecule has 0 radical (unpaired) electrons. The fraction of sp³-hybridized carbons (Fsp3) is 0.167. The van der Waals surface area contributed by atoms with Crippen molar-refractivity contribution >= 4 is 34.7 Å². The van der Waals surface area contributed by atoms with E-state index in [1.165, 1.54) is 5.56 Å². The molecule has 3 aliphatic heterocycles. The molecule has 6 rings (SSSR count). The van der Waals surface area contributed by atoms with Crippen molar-refractivity contribution in [2.75, 3.05) is 23.4 Å². The van der Waals surface area contributed by atoms with Crippen LogP contribution in [0.25, 0.3) is 0 Å². The predicted octanol–water partition coefficient (Wildman–Crippen LogP) is 4.38. The average molecular weight is 400 g/mol. The second-order valence-electron chi connectivity index (χ2n) is 7.73. The molecule has 0 saturated carbocycles. The number of amidine groups is 1. The van der Waals surface area contributed by atoms with E-state index in [-0.39, 0.29) is 5.91 Å². The van der Waals surface area contributed by atoms with Crippen LogP contribution < -0.4 is 9.80 Å². The quantitative estimate of drug-likeness (QED) is 0.608. The normalized spacial score (nSPS) is 21.4. The van der Waals surface area contributed by atoms with E-state index in [1.54, 1.807) is 11.9 Å². The molecule has 3 heterocycles. The number of amides is 1. The summed E-state index contributed by atoms with van der Waals surface area (Å²) in [4.78, 5) is 23.0. The topological polar surface area (TPSA) is 35.9 Å². The van der Waals surface area contributed by atoms with E-state index in [0.29, 0.717) is 5.02 Å². The molecule has 4 nitrogen and oxygen atoms in total. The molecule has 3 aromatic carbocycles. The number of hydrogen-bond acceptors (Lipinski definition) is 3. The van der Waals surface area contributed by atoms with Gasteiger partial charge in [0.15, 0.2) is 5.54 Å². The first-order valence-electron chi connectivity index (χ1n) is 9.75. The second-order valence-corrected chi connectivity index (χ2v) is 8.13. The van der Waals surface area contributed by atoms with Gasteiger partial charge in [-0.25, -0.2) is 4.99 Å². The van der Waals surface area contributed by atoms with Crippen LogP contribution >= 0.6 is 11.6 Å². The Kier molecular flexibility index (Phi) is 3.31. The molecule has 0 fully saturated rings. The number of carbonyl (C=O) groups is 1. The van der Waals surface area contributed by atoms with E-state index in [0.717, 1.165) is 46.9 Å². The fourth-order valence-electron chi connectivity index (χ4n) is 5.02. The number of rotatable bonds is 1. The third-order valence-corrected chi connectivity index (χ3v) is 6.58. The van der Waals surface area contributed by atoms with Crippen molar-refractivity contribution in [1.82, 2.24) is 0 Å². The molecule has 1 unspecified atom stereocenters. The largest absolute Gasteiger partial charge is 0.325 e. The highest BCUT2D eigenvalue weighted by Gasteiger charge is 2.56. The van der Waals surface area contributed by atoms with Gasteiger partial charge in [-0.2, -0.15) is 0 Å². The molecule has 0 aromatic heterocycles. The third-order valence-electron chi connectivity index (χ3n) is 6.27. The van der Waals surface area contributed by atoms with Crippen LogP contribution in [0.5, 0.6) is 0 Å². The Bertz CT molecular complexity index is 1220. The Labute approximate surface area is 174 Å². The van der Waals surface area contributed by atoms with Crippen LogP contribution in [0.1, 0.15) is 22.3 Å². The monoisotopic (exact) mass is 399 g/mol. The number of para-hydroxylation sites is 2. The molecule has 0 aliphatic carbocycles. The number of fused-ring (bicyclic) bond motifs is 3. The second kappa shape index (κ2) is 5.71. The van der Waals surface area contributed by atoms with Crippen LogP contribution in [0.4, 0.5) is 11.4 Å². The van der Waals surface area contributed by atoms with E-state index in [4.69, 9.17) is 16.6 Å². The minimum Gasteiger partial charge on any atom is -0.325 e. The minimum atomic E-state index is -1.10. The number of anilines is 2.